The Labute approximate surface area is 467 Å². The number of carbonyl (C=O) groups is 3. The van der Waals surface area contributed by atoms with Crippen molar-refractivity contribution in [2.45, 2.75) is 264 Å². The first-order valence-electron chi connectivity index (χ1n) is 30.9. The first-order valence-corrected chi connectivity index (χ1v) is 30.9. The third-order valence-corrected chi connectivity index (χ3v) is 13.1. The van der Waals surface area contributed by atoms with Gasteiger partial charge in [-0.1, -0.05) is 259 Å². The van der Waals surface area contributed by atoms with E-state index in [1.54, 1.807) is 0 Å². The first-order chi connectivity index (χ1) is 37.1. The standard InChI is InChI=1S/C67H115NO8/c1-6-8-10-12-14-16-18-20-21-22-23-24-25-26-27-28-29-30-31-32-33-34-35-36-37-38-39-40-41-42-43-44-45-46-48-50-52-54-56-58-65(70)76-63(62-75-67(66(71)72)73-60-59-68(3,4)5)61-74-64(69)57-55-53-51-49-47-19-17-15-13-11-9-7-2/h8,10,14,16,20-21,23-24,26-27,29-30,32-33,35-36,63,67H,6-7,9,11-13,15,17-19,22,25,28,31,34,37-62H2,1-5H3/p+1/b10-8-,16-14-,21-20-,24-23-,27-26-,30-29-,33-32-,36-35-. The van der Waals surface area contributed by atoms with E-state index in [-0.39, 0.29) is 32.2 Å². The molecular weight excluding hydrogens is 947 g/mol. The van der Waals surface area contributed by atoms with Crippen LogP contribution in [0.4, 0.5) is 0 Å². The summed E-state index contributed by atoms with van der Waals surface area (Å²) in [6, 6.07) is 0. The topological polar surface area (TPSA) is 108 Å². The van der Waals surface area contributed by atoms with Crippen molar-refractivity contribution in [1.82, 2.24) is 0 Å². The van der Waals surface area contributed by atoms with E-state index in [0.717, 1.165) is 89.9 Å². The highest BCUT2D eigenvalue weighted by Crippen LogP contribution is 2.16. The number of ether oxygens (including phenoxy) is 4. The van der Waals surface area contributed by atoms with Gasteiger partial charge in [0.15, 0.2) is 6.10 Å². The molecule has 0 rings (SSSR count). The number of unbranched alkanes of at least 4 members (excludes halogenated alkanes) is 25. The van der Waals surface area contributed by atoms with Gasteiger partial charge in [0.25, 0.3) is 6.29 Å². The molecule has 0 spiro atoms. The number of likely N-dealkylation sites (N-methyl/N-ethyl adjacent to an activating group) is 1. The number of carboxylic acid groups (broad SMARTS) is 1. The molecule has 0 saturated heterocycles. The van der Waals surface area contributed by atoms with Crippen molar-refractivity contribution in [3.8, 4) is 0 Å². The molecule has 0 aliphatic carbocycles. The third kappa shape index (κ3) is 57.9. The SMILES string of the molecule is CC/C=C\C/C=C\C/C=C\C/C=C\C/C=C\C/C=C\C/C=C\C/C=C\CCCCCCCCCCCCCCCCC(=O)OC(COC(=O)CCCCCCCCCCCCCC)COC(OCC[N+](C)(C)C)C(=O)O. The average molecular weight is 1060 g/mol. The number of carbonyl (C=O) groups excluding carboxylic acids is 2. The highest BCUT2D eigenvalue weighted by molar-refractivity contribution is 5.71. The summed E-state index contributed by atoms with van der Waals surface area (Å²) < 4.78 is 22.9. The Bertz CT molecular complexity index is 1570. The van der Waals surface area contributed by atoms with Crippen LogP contribution in [0, 0.1) is 0 Å². The predicted octanol–water partition coefficient (Wildman–Crippen LogP) is 18.5. The van der Waals surface area contributed by atoms with Gasteiger partial charge in [-0.15, -0.1) is 0 Å². The zero-order valence-corrected chi connectivity index (χ0v) is 49.6. The van der Waals surface area contributed by atoms with Crippen molar-refractivity contribution in [3.63, 3.8) is 0 Å². The highest BCUT2D eigenvalue weighted by Gasteiger charge is 2.25. The maximum absolute atomic E-state index is 12.9. The summed E-state index contributed by atoms with van der Waals surface area (Å²) in [5, 5.41) is 9.69. The summed E-state index contributed by atoms with van der Waals surface area (Å²) in [7, 11) is 5.97. The van der Waals surface area contributed by atoms with Gasteiger partial charge >= 0.3 is 17.9 Å². The van der Waals surface area contributed by atoms with Crippen LogP contribution in [-0.2, 0) is 33.3 Å². The van der Waals surface area contributed by atoms with Crippen LogP contribution in [0.5, 0.6) is 0 Å². The van der Waals surface area contributed by atoms with Crippen LogP contribution in [0.1, 0.15) is 251 Å². The monoisotopic (exact) mass is 1060 g/mol. The van der Waals surface area contributed by atoms with E-state index in [2.05, 4.69) is 111 Å². The minimum Gasteiger partial charge on any atom is -0.477 e. The number of hydrogen-bond donors (Lipinski definition) is 1. The largest absolute Gasteiger partial charge is 0.477 e. The first kappa shape index (κ1) is 72.2. The van der Waals surface area contributed by atoms with E-state index < -0.39 is 24.3 Å². The zero-order chi connectivity index (χ0) is 55.5. The smallest absolute Gasteiger partial charge is 0.361 e. The second-order valence-corrected chi connectivity index (χ2v) is 21.6. The van der Waals surface area contributed by atoms with E-state index in [0.29, 0.717) is 17.4 Å². The number of carboxylic acids is 1. The Kier molecular flexibility index (Phi) is 54.5. The van der Waals surface area contributed by atoms with Crippen LogP contribution in [0.3, 0.4) is 0 Å². The molecule has 436 valence electrons. The summed E-state index contributed by atoms with van der Waals surface area (Å²) in [4.78, 5) is 37.3. The van der Waals surface area contributed by atoms with Crippen molar-refractivity contribution in [2.75, 3.05) is 47.5 Å². The summed E-state index contributed by atoms with van der Waals surface area (Å²) >= 11 is 0. The second kappa shape index (κ2) is 57.4. The molecule has 0 saturated carbocycles. The van der Waals surface area contributed by atoms with Crippen molar-refractivity contribution in [1.29, 1.82) is 0 Å². The van der Waals surface area contributed by atoms with Crippen molar-refractivity contribution < 1.29 is 42.9 Å². The lowest BCUT2D eigenvalue weighted by Crippen LogP contribution is -2.40. The maximum Gasteiger partial charge on any atom is 0.361 e. The van der Waals surface area contributed by atoms with Crippen LogP contribution < -0.4 is 0 Å². The molecule has 2 atom stereocenters. The van der Waals surface area contributed by atoms with Gasteiger partial charge < -0.3 is 28.5 Å². The zero-order valence-electron chi connectivity index (χ0n) is 49.6. The summed E-state index contributed by atoms with van der Waals surface area (Å²) in [5.41, 5.74) is 0. The molecule has 0 bridgehead atoms. The number of hydrogen-bond acceptors (Lipinski definition) is 7. The molecule has 0 fully saturated rings. The molecule has 0 aromatic rings. The number of quaternary nitrogens is 1. The Hall–Kier alpha value is -3.79. The molecule has 0 aliphatic heterocycles. The fourth-order valence-electron chi connectivity index (χ4n) is 8.38. The number of nitrogens with zero attached hydrogens (tertiary/aromatic N) is 1. The van der Waals surface area contributed by atoms with Crippen molar-refractivity contribution >= 4 is 17.9 Å². The highest BCUT2D eigenvalue weighted by atomic mass is 16.7. The van der Waals surface area contributed by atoms with Gasteiger partial charge in [0, 0.05) is 12.8 Å². The molecule has 0 amide bonds. The fourth-order valence-corrected chi connectivity index (χ4v) is 8.38. The fraction of sp³-hybridized carbons (Fsp3) is 0.716. The Balaban J connectivity index is 4.05. The third-order valence-electron chi connectivity index (χ3n) is 13.1. The molecule has 0 aromatic heterocycles. The number of esters is 2. The van der Waals surface area contributed by atoms with Crippen molar-refractivity contribution in [3.05, 3.63) is 97.2 Å². The molecule has 1 N–H and O–H groups in total. The van der Waals surface area contributed by atoms with Crippen molar-refractivity contribution in [2.24, 2.45) is 0 Å². The van der Waals surface area contributed by atoms with Crippen LogP contribution in [0.2, 0.25) is 0 Å². The van der Waals surface area contributed by atoms with Crippen LogP contribution >= 0.6 is 0 Å². The molecule has 9 heteroatoms. The van der Waals surface area contributed by atoms with Gasteiger partial charge in [-0.05, 0) is 77.0 Å². The predicted molar refractivity (Wildman–Crippen MR) is 322 cm³/mol. The molecule has 0 aliphatic rings. The van der Waals surface area contributed by atoms with Gasteiger partial charge in [-0.25, -0.2) is 4.79 Å². The maximum atomic E-state index is 12.9. The van der Waals surface area contributed by atoms with Gasteiger partial charge in [0.1, 0.15) is 13.2 Å². The summed E-state index contributed by atoms with van der Waals surface area (Å²) in [6.45, 7) is 4.76. The lowest BCUT2D eigenvalue weighted by Gasteiger charge is -2.25. The van der Waals surface area contributed by atoms with Crippen LogP contribution in [0.15, 0.2) is 97.2 Å². The van der Waals surface area contributed by atoms with Gasteiger partial charge in [-0.3, -0.25) is 9.59 Å². The quantitative estimate of drug-likeness (QED) is 0.0211. The minimum atomic E-state index is -1.51. The second-order valence-electron chi connectivity index (χ2n) is 21.6. The number of aliphatic carboxylic acids is 1. The molecule has 0 aromatic carbocycles. The summed E-state index contributed by atoms with van der Waals surface area (Å²) in [6.07, 6.45) is 75.1. The Morgan fingerprint density at radius 1 is 0.408 bits per heavy atom. The Morgan fingerprint density at radius 3 is 1.12 bits per heavy atom. The molecule has 9 nitrogen and oxygen atoms in total. The molecule has 2 unspecified atom stereocenters. The lowest BCUT2D eigenvalue weighted by atomic mass is 10.0. The lowest BCUT2D eigenvalue weighted by molar-refractivity contribution is -0.870. The number of rotatable bonds is 56. The van der Waals surface area contributed by atoms with E-state index in [4.69, 9.17) is 18.9 Å². The molecule has 0 heterocycles. The van der Waals surface area contributed by atoms with Gasteiger partial charge in [0.05, 0.1) is 34.4 Å². The van der Waals surface area contributed by atoms with E-state index in [9.17, 15) is 19.5 Å². The summed E-state index contributed by atoms with van der Waals surface area (Å²) in [5.74, 6) is -2.00. The van der Waals surface area contributed by atoms with Gasteiger partial charge in [0.2, 0.25) is 0 Å². The van der Waals surface area contributed by atoms with Crippen LogP contribution in [-0.4, -0.2) is 87.4 Å². The normalized spacial score (nSPS) is 13.4. The molecule has 0 radical (unpaired) electrons. The van der Waals surface area contributed by atoms with E-state index in [1.165, 1.54) is 135 Å². The molecular formula is C67H116NO8+. The van der Waals surface area contributed by atoms with E-state index >= 15 is 0 Å². The molecule has 76 heavy (non-hydrogen) atoms. The van der Waals surface area contributed by atoms with E-state index in [1.807, 2.05) is 21.1 Å². The van der Waals surface area contributed by atoms with Gasteiger partial charge in [-0.2, -0.15) is 0 Å². The average Bonchev–Trinajstić information content (AvgIpc) is 3.39. The minimum absolute atomic E-state index is 0.182. The Morgan fingerprint density at radius 2 is 0.750 bits per heavy atom. The number of allylic oxidation sites excluding steroid dienone is 16. The van der Waals surface area contributed by atoms with Crippen LogP contribution in [0.25, 0.3) is 0 Å².